The van der Waals surface area contributed by atoms with Crippen LogP contribution in [-0.2, 0) is 133 Å². The molecule has 143 heavy (non-hydrogen) atoms. The Bertz CT molecular complexity index is 4050. The first-order chi connectivity index (χ1) is 67.7. The molecule has 55 atom stereocenters. The molecule has 7 amide bonds. The van der Waals surface area contributed by atoms with Gasteiger partial charge in [0, 0.05) is 48.5 Å². The molecule has 0 saturated carbocycles. The second-order valence-corrected chi connectivity index (χ2v) is 36.0. The van der Waals surface area contributed by atoms with Crippen molar-refractivity contribution in [1.29, 1.82) is 0 Å². The highest BCUT2D eigenvalue weighted by atomic mass is 16.8. The van der Waals surface area contributed by atoms with Gasteiger partial charge in [-0.1, -0.05) is 0 Å². The summed E-state index contributed by atoms with van der Waals surface area (Å²) >= 11 is 0. The van der Waals surface area contributed by atoms with Crippen LogP contribution in [0.4, 0.5) is 0 Å². The number of hydrogen-bond donors (Lipinski definition) is 35. The Morgan fingerprint density at radius 1 is 0.182 bits per heavy atom. The summed E-state index contributed by atoms with van der Waals surface area (Å²) in [6.45, 7) is -7.31. The summed E-state index contributed by atoms with van der Waals surface area (Å²) in [7, 11) is 0. The Kier molecular flexibility index (Phi) is 42.7. The highest BCUT2D eigenvalue weighted by molar-refractivity contribution is 5.75. The van der Waals surface area contributed by atoms with Crippen molar-refractivity contribution in [3.05, 3.63) is 0 Å². The molecule has 0 aromatic heterocycles. The first-order valence-electron chi connectivity index (χ1n) is 45.6. The Hall–Kier alpha value is -5.67. The van der Waals surface area contributed by atoms with Gasteiger partial charge in [0.05, 0.1) is 72.7 Å². The van der Waals surface area contributed by atoms with Gasteiger partial charge in [0.15, 0.2) is 69.2 Å². The molecule has 824 valence electrons. The van der Waals surface area contributed by atoms with Gasteiger partial charge in [-0.3, -0.25) is 33.6 Å². The van der Waals surface area contributed by atoms with Crippen LogP contribution in [0.1, 0.15) is 48.5 Å². The molecule has 11 aliphatic rings. The fourth-order valence-corrected chi connectivity index (χ4v) is 18.6. The maximum atomic E-state index is 13.8. The van der Waals surface area contributed by atoms with E-state index in [1.165, 1.54) is 0 Å². The van der Waals surface area contributed by atoms with Crippen LogP contribution in [0.5, 0.6) is 0 Å². The van der Waals surface area contributed by atoms with E-state index in [4.69, 9.17) is 99.5 Å². The van der Waals surface area contributed by atoms with E-state index >= 15 is 0 Å². The Labute approximate surface area is 810 Å². The molecular weight excluding hydrogens is 1950 g/mol. The summed E-state index contributed by atoms with van der Waals surface area (Å²) in [6, 6.07) is -14.0. The zero-order valence-corrected chi connectivity index (χ0v) is 77.5. The molecule has 0 spiro atoms. The van der Waals surface area contributed by atoms with Crippen molar-refractivity contribution in [2.75, 3.05) is 72.7 Å². The average Bonchev–Trinajstić information content (AvgIpc) is 0.750. The van der Waals surface area contributed by atoms with E-state index < -0.39 is 451 Å². The zero-order chi connectivity index (χ0) is 105. The number of hydrogen-bond acceptors (Lipinski definition) is 56. The third-order valence-corrected chi connectivity index (χ3v) is 25.8. The molecule has 11 heterocycles. The Morgan fingerprint density at radius 2 is 0.385 bits per heavy atom. The number of nitrogens with one attached hydrogen (secondary N) is 7. The number of carbonyl (C=O) groups is 7. The van der Waals surface area contributed by atoms with Crippen molar-refractivity contribution >= 4 is 41.4 Å². The molecule has 0 unspecified atom stereocenters. The maximum absolute atomic E-state index is 13.8. The van der Waals surface area contributed by atoms with Crippen LogP contribution in [0, 0.1) is 0 Å². The molecule has 11 saturated heterocycles. The molecule has 0 aromatic rings. The lowest BCUT2D eigenvalue weighted by atomic mass is 9.93. The maximum Gasteiger partial charge on any atom is 0.217 e. The summed E-state index contributed by atoms with van der Waals surface area (Å²) < 4.78 is 131. The SMILES string of the molecule is CC(=O)N[C@@H]1[C@@H](O)[C@H](O[C@@H]2O[C@H](CO)[C@@H](O[C@@H]3O[C@H](CO[C@H]4O[C@H](CO)[C@@H](O[C@@H]5O[C@H](CO)[C@@H](O)[C@H](O)[C@H]5NC(C)=O)[C@H](O)[C@@H]4O[C@@H]4O[C@H](CO)[C@@H](O)[C@H](O)[C@H]4NC(C)=O)[C@@H](O[C@@H]4O[C@H](CO)[C@@H](O)[C@H](O)[C@H]4NC(C)=O)[C@H](O[C@H]4O[C@H](CO)[C@@H](O[C@@H]5O[C@H](CO)[C@@H](O[C@@H]6O[C@H](CO)[C@H](O)[C@H](O)[C@H]6O)[C@H](O)[C@H]5NC(C)=O)[C@H](O)[C@@H]4O[C@@H]4O[C@H](CO)[C@@H](O)[C@H](O)[C@H]4NC(C)=O)[C@@H]3O)[C@H](O)[C@H]2NC(C)=O)[C@@H](CO)O[C@H]1O. The molecule has 0 aromatic carbocycles. The summed E-state index contributed by atoms with van der Waals surface area (Å²) in [5.41, 5.74) is 0. The highest BCUT2D eigenvalue weighted by Gasteiger charge is 2.64. The van der Waals surface area contributed by atoms with Gasteiger partial charge < -0.3 is 280 Å². The predicted octanol–water partition coefficient (Wildman–Crippen LogP) is -24.0. The van der Waals surface area contributed by atoms with Gasteiger partial charge in [0.2, 0.25) is 41.4 Å². The zero-order valence-electron chi connectivity index (χ0n) is 77.5. The van der Waals surface area contributed by atoms with Crippen molar-refractivity contribution in [2.24, 2.45) is 0 Å². The molecule has 11 fully saturated rings. The van der Waals surface area contributed by atoms with Gasteiger partial charge >= 0.3 is 0 Å². The van der Waals surface area contributed by atoms with E-state index in [1.807, 2.05) is 0 Å². The smallest absolute Gasteiger partial charge is 0.217 e. The van der Waals surface area contributed by atoms with Gasteiger partial charge in [-0.2, -0.15) is 0 Å². The van der Waals surface area contributed by atoms with Crippen molar-refractivity contribution in [3.8, 4) is 0 Å². The molecule has 11 aliphatic heterocycles. The lowest BCUT2D eigenvalue weighted by Gasteiger charge is -2.53. The minimum Gasteiger partial charge on any atom is -0.394 e. The molecule has 11 rings (SSSR count). The van der Waals surface area contributed by atoms with Crippen LogP contribution in [0.25, 0.3) is 0 Å². The van der Waals surface area contributed by atoms with E-state index in [2.05, 4.69) is 37.2 Å². The van der Waals surface area contributed by atoms with Gasteiger partial charge in [-0.25, -0.2) is 0 Å². The number of carbonyl (C=O) groups excluding carboxylic acids is 7. The molecule has 0 aliphatic carbocycles. The van der Waals surface area contributed by atoms with Crippen LogP contribution in [0.3, 0.4) is 0 Å². The average molecular weight is 2090 g/mol. The standard InChI is InChI=1S/C80H133N7O56/c1-19(98)81-37-53(114)61(31(13-93)124-70(37)122)135-75-42(86-24(6)103)55(116)63(33(15-95)130-75)139-78-60(121)67(141-80-69(143-74-41(85-23(5)102)52(113)47(108)29(11-91)128-74)59(120)65(35(17-97)133-80)137-76-43(87-25(7)104)54(115)62(32(14-94)131-76)138-77-57(118)56(117)48(109)30(12-92)129-77)66(140-72-39(83-21(3)100)50(111)45(106)27(9-89)126-72)36(134-78)18-123-79-68(142-73-40(84-22(4)101)51(112)46(107)28(10-90)127-73)58(119)64(34(16-96)132-79)136-71-38(82-20(2)99)49(110)44(105)26(8-88)125-71/h26-80,88-97,105-122H,8-18H2,1-7H3,(H,81,98)(H,82,99)(H,83,100)(H,84,101)(H,85,102)(H,86,103)(H,87,104)/t26-,27-,28-,29-,30-,31-,32-,33-,34-,35-,36-,37-,38-,39-,40-,41-,42-,43-,44-,45-,46-,47-,48+,49-,50-,51-,52-,53-,54-,55-,56+,57-,58+,59+,60+,61-,62-,63-,64-,65-,66-,67-,68+,69+,70-,71+,72+,73+,74+,75+,76+,77+,78+,79+,80-/m1/s1. The molecular formula is C80H133N7O56. The Balaban J connectivity index is 1.09. The normalized spacial score (nSPS) is 47.3. The fourth-order valence-electron chi connectivity index (χ4n) is 18.6. The minimum absolute atomic E-state index is 0.854. The van der Waals surface area contributed by atoms with Crippen LogP contribution in [-0.4, -0.2) is 594 Å². The summed E-state index contributed by atoms with van der Waals surface area (Å²) in [6.07, 6.45) is -108. The van der Waals surface area contributed by atoms with E-state index in [0.717, 1.165) is 48.5 Å². The van der Waals surface area contributed by atoms with Crippen molar-refractivity contribution < 1.29 is 276 Å². The lowest BCUT2D eigenvalue weighted by Crippen LogP contribution is -2.72. The van der Waals surface area contributed by atoms with Crippen molar-refractivity contribution in [2.45, 2.75) is 386 Å². The minimum atomic E-state index is -2.91. The molecule has 63 heteroatoms. The molecule has 63 nitrogen and oxygen atoms in total. The monoisotopic (exact) mass is 2090 g/mol. The predicted molar refractivity (Wildman–Crippen MR) is 444 cm³/mol. The van der Waals surface area contributed by atoms with Gasteiger partial charge in [-0.05, 0) is 0 Å². The summed E-state index contributed by atoms with van der Waals surface area (Å²) in [5, 5.41) is 338. The molecule has 0 radical (unpaired) electrons. The molecule has 0 bridgehead atoms. The van der Waals surface area contributed by atoms with Gasteiger partial charge in [0.25, 0.3) is 0 Å². The summed E-state index contributed by atoms with van der Waals surface area (Å²) in [5.74, 6) is -6.94. The largest absolute Gasteiger partial charge is 0.394 e. The van der Waals surface area contributed by atoms with Crippen LogP contribution in [0.15, 0.2) is 0 Å². The van der Waals surface area contributed by atoms with Crippen LogP contribution in [0.2, 0.25) is 0 Å². The van der Waals surface area contributed by atoms with Crippen LogP contribution >= 0.6 is 0 Å². The number of amides is 7. The Morgan fingerprint density at radius 3 is 0.692 bits per heavy atom. The molecule has 35 N–H and O–H groups in total. The lowest BCUT2D eigenvalue weighted by molar-refractivity contribution is -0.413. The first-order valence-corrected chi connectivity index (χ1v) is 45.6. The van der Waals surface area contributed by atoms with Gasteiger partial charge in [-0.15, -0.1) is 0 Å². The fraction of sp³-hybridized carbons (Fsp3) is 0.912. The van der Waals surface area contributed by atoms with E-state index in [9.17, 15) is 177 Å². The van der Waals surface area contributed by atoms with E-state index in [0.29, 0.717) is 0 Å². The van der Waals surface area contributed by atoms with Crippen LogP contribution < -0.4 is 37.2 Å². The topological polar surface area (TPSA) is 964 Å². The van der Waals surface area contributed by atoms with E-state index in [-0.39, 0.29) is 0 Å². The third kappa shape index (κ3) is 26.7. The number of ether oxygens (including phenoxy) is 21. The number of rotatable bonds is 38. The second-order valence-electron chi connectivity index (χ2n) is 36.0. The summed E-state index contributed by atoms with van der Waals surface area (Å²) in [4.78, 5) is 91.7. The first kappa shape index (κ1) is 118. The van der Waals surface area contributed by atoms with E-state index in [1.54, 1.807) is 0 Å². The number of aliphatic hydroxyl groups is 28. The third-order valence-electron chi connectivity index (χ3n) is 25.8. The van der Waals surface area contributed by atoms with Crippen molar-refractivity contribution in [3.63, 3.8) is 0 Å². The van der Waals surface area contributed by atoms with Gasteiger partial charge in [0.1, 0.15) is 268 Å². The quantitative estimate of drug-likeness (QED) is 0.0273. The second kappa shape index (κ2) is 51.9. The highest BCUT2D eigenvalue weighted by Crippen LogP contribution is 2.43. The van der Waals surface area contributed by atoms with Crippen molar-refractivity contribution in [1.82, 2.24) is 37.2 Å². The number of aliphatic hydroxyl groups excluding tert-OH is 28.